The van der Waals surface area contributed by atoms with Gasteiger partial charge in [0.05, 0.1) is 22.6 Å². The summed E-state index contributed by atoms with van der Waals surface area (Å²) in [6.07, 6.45) is 0.0942. The molecule has 0 radical (unpaired) electrons. The van der Waals surface area contributed by atoms with Crippen molar-refractivity contribution in [2.75, 3.05) is 10.6 Å². The summed E-state index contributed by atoms with van der Waals surface area (Å²) < 4.78 is 38.8. The Morgan fingerprint density at radius 1 is 1.00 bits per heavy atom. The number of rotatable bonds is 8. The highest BCUT2D eigenvalue weighted by atomic mass is 32.2. The minimum absolute atomic E-state index is 0.0550. The lowest BCUT2D eigenvalue weighted by molar-refractivity contribution is -0.146. The molecule has 0 heterocycles. The van der Waals surface area contributed by atoms with Gasteiger partial charge in [-0.1, -0.05) is 31.2 Å². The lowest BCUT2D eigenvalue weighted by atomic mass is 9.82. The third-order valence-corrected chi connectivity index (χ3v) is 6.94. The summed E-state index contributed by atoms with van der Waals surface area (Å²) >= 11 is 1.22. The molecule has 10 heteroatoms. The molecule has 0 saturated carbocycles. The number of carbonyl (C=O) groups excluding carboxylic acids is 2. The molecule has 3 N–H and O–H groups in total. The predicted molar refractivity (Wildman–Crippen MR) is 128 cm³/mol. The van der Waals surface area contributed by atoms with E-state index >= 15 is 0 Å². The van der Waals surface area contributed by atoms with Crippen molar-refractivity contribution in [3.8, 4) is 0 Å². The number of anilines is 2. The highest BCUT2D eigenvalue weighted by Crippen LogP contribution is 2.32. The summed E-state index contributed by atoms with van der Waals surface area (Å²) in [4.78, 5) is 37.6. The average molecular weight is 507 g/mol. The standard InChI is InChI=1S/C25H25F3N2O4S/c1-2-21(23(32)30-16-8-5-7-15(13-16)25(26,27)28)35-18-10-6-9-17(14-18)29-22(31)19-11-3-4-12-20(19)24(33)34/h3-10,13-14,19-21H,2,11-12H2,1H3,(H,29,31)(H,30,32)(H,33,34). The zero-order valence-electron chi connectivity index (χ0n) is 18.8. The van der Waals surface area contributed by atoms with Crippen molar-refractivity contribution in [2.45, 2.75) is 42.5 Å². The molecule has 0 bridgehead atoms. The van der Waals surface area contributed by atoms with Crippen LogP contribution in [0.4, 0.5) is 24.5 Å². The second-order valence-corrected chi connectivity index (χ2v) is 9.37. The monoisotopic (exact) mass is 506 g/mol. The fourth-order valence-corrected chi connectivity index (χ4v) is 4.75. The van der Waals surface area contributed by atoms with Crippen molar-refractivity contribution in [1.29, 1.82) is 0 Å². The van der Waals surface area contributed by atoms with E-state index in [0.717, 1.165) is 12.1 Å². The molecular weight excluding hydrogens is 481 g/mol. The Labute approximate surface area is 205 Å². The van der Waals surface area contributed by atoms with Crippen LogP contribution in [-0.4, -0.2) is 28.1 Å². The number of carboxylic acid groups (broad SMARTS) is 1. The topological polar surface area (TPSA) is 95.5 Å². The Morgan fingerprint density at radius 3 is 2.26 bits per heavy atom. The van der Waals surface area contributed by atoms with Gasteiger partial charge in [-0.2, -0.15) is 13.2 Å². The van der Waals surface area contributed by atoms with Crippen LogP contribution in [0.25, 0.3) is 0 Å². The highest BCUT2D eigenvalue weighted by Gasteiger charge is 2.34. The van der Waals surface area contributed by atoms with Crippen LogP contribution in [0.5, 0.6) is 0 Å². The molecule has 2 aromatic rings. The Bertz CT molecular complexity index is 1120. The molecule has 6 nitrogen and oxygen atoms in total. The van der Waals surface area contributed by atoms with E-state index in [2.05, 4.69) is 10.6 Å². The van der Waals surface area contributed by atoms with E-state index in [9.17, 15) is 32.7 Å². The number of hydrogen-bond donors (Lipinski definition) is 3. The first-order chi connectivity index (χ1) is 16.6. The van der Waals surface area contributed by atoms with Crippen LogP contribution in [0.3, 0.4) is 0 Å². The fraction of sp³-hybridized carbons (Fsp3) is 0.320. The number of carboxylic acids is 1. The van der Waals surface area contributed by atoms with Gasteiger partial charge in [0.2, 0.25) is 11.8 Å². The Kier molecular flexibility index (Phi) is 8.61. The van der Waals surface area contributed by atoms with Crippen LogP contribution < -0.4 is 10.6 Å². The number of amides is 2. The number of halogens is 3. The summed E-state index contributed by atoms with van der Waals surface area (Å²) in [5.74, 6) is -3.32. The maximum atomic E-state index is 12.9. The maximum Gasteiger partial charge on any atom is 0.416 e. The fourth-order valence-electron chi connectivity index (χ4n) is 3.74. The van der Waals surface area contributed by atoms with Crippen molar-refractivity contribution in [3.05, 3.63) is 66.2 Å². The Morgan fingerprint density at radius 2 is 1.63 bits per heavy atom. The van der Waals surface area contributed by atoms with Crippen LogP contribution in [-0.2, 0) is 20.6 Å². The van der Waals surface area contributed by atoms with Gasteiger partial charge in [0.1, 0.15) is 0 Å². The van der Waals surface area contributed by atoms with Gasteiger partial charge in [-0.15, -0.1) is 11.8 Å². The number of alkyl halides is 3. The molecule has 3 rings (SSSR count). The minimum Gasteiger partial charge on any atom is -0.481 e. The van der Waals surface area contributed by atoms with E-state index in [1.165, 1.54) is 23.9 Å². The molecule has 0 aliphatic heterocycles. The molecule has 0 spiro atoms. The van der Waals surface area contributed by atoms with E-state index in [1.54, 1.807) is 43.3 Å². The molecule has 1 aliphatic carbocycles. The van der Waals surface area contributed by atoms with Crippen LogP contribution >= 0.6 is 11.8 Å². The van der Waals surface area contributed by atoms with Gasteiger partial charge >= 0.3 is 12.1 Å². The number of thioether (sulfide) groups is 1. The van der Waals surface area contributed by atoms with E-state index in [-0.39, 0.29) is 5.69 Å². The van der Waals surface area contributed by atoms with Gasteiger partial charge in [-0.25, -0.2) is 0 Å². The van der Waals surface area contributed by atoms with Gasteiger partial charge in [-0.3, -0.25) is 14.4 Å². The zero-order chi connectivity index (χ0) is 25.6. The number of benzene rings is 2. The molecule has 0 saturated heterocycles. The molecular formula is C25H25F3N2O4S. The molecule has 1 aliphatic rings. The van der Waals surface area contributed by atoms with Gasteiger partial charge in [0, 0.05) is 16.3 Å². The van der Waals surface area contributed by atoms with E-state index in [4.69, 9.17) is 0 Å². The highest BCUT2D eigenvalue weighted by molar-refractivity contribution is 8.00. The SMILES string of the molecule is CCC(Sc1cccc(NC(=O)C2CC=CCC2C(=O)O)c1)C(=O)Nc1cccc(C(F)(F)F)c1. The van der Waals surface area contributed by atoms with Crippen LogP contribution in [0.1, 0.15) is 31.7 Å². The first-order valence-electron chi connectivity index (χ1n) is 11.0. The molecule has 0 aromatic heterocycles. The first kappa shape index (κ1) is 26.3. The normalized spacial score (nSPS) is 18.5. The lowest BCUT2D eigenvalue weighted by Crippen LogP contribution is -2.34. The number of aliphatic carboxylic acids is 1. The van der Waals surface area contributed by atoms with Gasteiger partial charge in [0.15, 0.2) is 0 Å². The largest absolute Gasteiger partial charge is 0.481 e. The van der Waals surface area contributed by atoms with Gasteiger partial charge in [0.25, 0.3) is 0 Å². The van der Waals surface area contributed by atoms with E-state index < -0.39 is 46.6 Å². The number of nitrogens with one attached hydrogen (secondary N) is 2. The third kappa shape index (κ3) is 7.11. The van der Waals surface area contributed by atoms with E-state index in [1.807, 2.05) is 0 Å². The molecule has 2 aromatic carbocycles. The van der Waals surface area contributed by atoms with E-state index in [0.29, 0.717) is 29.8 Å². The van der Waals surface area contributed by atoms with Crippen molar-refractivity contribution >= 4 is 40.9 Å². The quantitative estimate of drug-likeness (QED) is 0.310. The average Bonchev–Trinajstić information content (AvgIpc) is 2.82. The summed E-state index contributed by atoms with van der Waals surface area (Å²) in [6.45, 7) is 1.79. The minimum atomic E-state index is -4.51. The van der Waals surface area contributed by atoms with Crippen LogP contribution in [0.2, 0.25) is 0 Å². The Balaban J connectivity index is 1.66. The summed E-state index contributed by atoms with van der Waals surface area (Å²) in [6, 6.07) is 11.2. The summed E-state index contributed by atoms with van der Waals surface area (Å²) in [5, 5.41) is 14.1. The van der Waals surface area contributed by atoms with Gasteiger partial charge in [-0.05, 0) is 55.7 Å². The molecule has 3 atom stereocenters. The van der Waals surface area contributed by atoms with Crippen LogP contribution in [0, 0.1) is 11.8 Å². The van der Waals surface area contributed by atoms with Crippen molar-refractivity contribution in [2.24, 2.45) is 11.8 Å². The van der Waals surface area contributed by atoms with Crippen molar-refractivity contribution in [1.82, 2.24) is 0 Å². The van der Waals surface area contributed by atoms with Crippen molar-refractivity contribution in [3.63, 3.8) is 0 Å². The zero-order valence-corrected chi connectivity index (χ0v) is 19.7. The number of hydrogen-bond acceptors (Lipinski definition) is 4. The summed E-state index contributed by atoms with van der Waals surface area (Å²) in [7, 11) is 0. The van der Waals surface area contributed by atoms with Crippen molar-refractivity contribution < 1.29 is 32.7 Å². The molecule has 186 valence electrons. The molecule has 35 heavy (non-hydrogen) atoms. The number of carbonyl (C=O) groups is 3. The predicted octanol–water partition coefficient (Wildman–Crippen LogP) is 5.82. The first-order valence-corrected chi connectivity index (χ1v) is 11.9. The number of allylic oxidation sites excluding steroid dienone is 2. The van der Waals surface area contributed by atoms with Crippen LogP contribution in [0.15, 0.2) is 65.6 Å². The summed E-state index contributed by atoms with van der Waals surface area (Å²) in [5.41, 5.74) is -0.329. The maximum absolute atomic E-state index is 12.9. The molecule has 2 amide bonds. The Hall–Kier alpha value is -3.27. The molecule has 0 fully saturated rings. The second-order valence-electron chi connectivity index (χ2n) is 8.09. The van der Waals surface area contributed by atoms with Gasteiger partial charge < -0.3 is 15.7 Å². The lowest BCUT2D eigenvalue weighted by Gasteiger charge is -2.24. The molecule has 3 unspecified atom stereocenters. The third-order valence-electron chi connectivity index (χ3n) is 5.59. The second kappa shape index (κ2) is 11.4. The smallest absolute Gasteiger partial charge is 0.416 e.